The number of nitrogens with zero attached hydrogens (tertiary/aromatic N) is 3. The van der Waals surface area contributed by atoms with Gasteiger partial charge in [0.15, 0.2) is 0 Å². The van der Waals surface area contributed by atoms with Crippen molar-refractivity contribution < 1.29 is 14.3 Å². The number of likely N-dealkylation sites (N-methyl/N-ethyl adjacent to an activating group) is 1. The van der Waals surface area contributed by atoms with Crippen molar-refractivity contribution in [1.29, 1.82) is 0 Å². The Morgan fingerprint density at radius 1 is 0.935 bits per heavy atom. The van der Waals surface area contributed by atoms with Gasteiger partial charge in [-0.15, -0.1) is 0 Å². The molecule has 0 aromatic heterocycles. The van der Waals surface area contributed by atoms with E-state index in [1.165, 1.54) is 5.56 Å². The monoisotopic (exact) mass is 423 g/mol. The normalized spacial score (nSPS) is 14.4. The van der Waals surface area contributed by atoms with E-state index in [-0.39, 0.29) is 11.8 Å². The highest BCUT2D eigenvalue weighted by Gasteiger charge is 2.23. The van der Waals surface area contributed by atoms with Gasteiger partial charge in [0.25, 0.3) is 0 Å². The fourth-order valence-corrected chi connectivity index (χ4v) is 3.68. The van der Waals surface area contributed by atoms with Crippen LogP contribution < -0.4 is 4.74 Å². The Balaban J connectivity index is 1.41. The number of benzene rings is 2. The van der Waals surface area contributed by atoms with Crippen LogP contribution in [0.1, 0.15) is 23.6 Å². The van der Waals surface area contributed by atoms with Gasteiger partial charge in [-0.25, -0.2) is 0 Å². The van der Waals surface area contributed by atoms with Gasteiger partial charge in [-0.3, -0.25) is 14.5 Å². The number of ether oxygens (including phenoxy) is 1. The van der Waals surface area contributed by atoms with E-state index in [2.05, 4.69) is 4.90 Å². The summed E-state index contributed by atoms with van der Waals surface area (Å²) in [7, 11) is 1.83. The van der Waals surface area contributed by atoms with Crippen molar-refractivity contribution in [1.82, 2.24) is 14.7 Å². The lowest BCUT2D eigenvalue weighted by Crippen LogP contribution is -2.51. The number of aryl methyl sites for hydroxylation is 1. The summed E-state index contributed by atoms with van der Waals surface area (Å²) in [6.07, 6.45) is 0.435. The largest absolute Gasteiger partial charge is 0.494 e. The van der Waals surface area contributed by atoms with E-state index >= 15 is 0 Å². The third-order valence-electron chi connectivity index (χ3n) is 5.64. The minimum absolute atomic E-state index is 0.0910. The Hall–Kier alpha value is -2.86. The number of carbonyl (C=O) groups is 2. The van der Waals surface area contributed by atoms with E-state index < -0.39 is 0 Å². The first-order valence-corrected chi connectivity index (χ1v) is 11.0. The van der Waals surface area contributed by atoms with Gasteiger partial charge in [-0.05, 0) is 37.1 Å². The Bertz CT molecular complexity index is 857. The molecule has 1 heterocycles. The minimum atomic E-state index is 0.0910. The van der Waals surface area contributed by atoms with E-state index in [0.717, 1.165) is 30.0 Å². The third kappa shape index (κ3) is 6.82. The average Bonchev–Trinajstić information content (AvgIpc) is 2.77. The van der Waals surface area contributed by atoms with E-state index in [1.54, 1.807) is 4.90 Å². The van der Waals surface area contributed by atoms with Crippen LogP contribution in [0.3, 0.4) is 0 Å². The molecule has 1 fully saturated rings. The third-order valence-corrected chi connectivity index (χ3v) is 5.64. The Labute approximate surface area is 185 Å². The quantitative estimate of drug-likeness (QED) is 0.655. The zero-order chi connectivity index (χ0) is 22.2. The molecule has 0 unspecified atom stereocenters. The topological polar surface area (TPSA) is 53.1 Å². The first-order chi connectivity index (χ1) is 14.9. The fourth-order valence-electron chi connectivity index (χ4n) is 3.68. The second kappa shape index (κ2) is 11.0. The summed E-state index contributed by atoms with van der Waals surface area (Å²) in [5.41, 5.74) is 3.32. The number of amides is 2. The van der Waals surface area contributed by atoms with Crippen molar-refractivity contribution in [2.24, 2.45) is 0 Å². The molecule has 0 radical (unpaired) electrons. The van der Waals surface area contributed by atoms with Crippen LogP contribution in [0, 0.1) is 6.92 Å². The maximum absolute atomic E-state index is 12.6. The Morgan fingerprint density at radius 3 is 2.16 bits per heavy atom. The molecule has 6 nitrogen and oxygen atoms in total. The molecule has 0 saturated carbocycles. The molecule has 0 aliphatic carbocycles. The van der Waals surface area contributed by atoms with Gasteiger partial charge in [-0.2, -0.15) is 0 Å². The molecule has 1 saturated heterocycles. The summed E-state index contributed by atoms with van der Waals surface area (Å²) in [5.74, 6) is 1.09. The smallest absolute Gasteiger partial charge is 0.236 e. The lowest BCUT2D eigenvalue weighted by Gasteiger charge is -2.35. The van der Waals surface area contributed by atoms with Crippen molar-refractivity contribution in [3.63, 3.8) is 0 Å². The van der Waals surface area contributed by atoms with Gasteiger partial charge >= 0.3 is 0 Å². The molecule has 2 aromatic rings. The van der Waals surface area contributed by atoms with Gasteiger partial charge in [0.1, 0.15) is 5.75 Å². The second-order valence-corrected chi connectivity index (χ2v) is 8.15. The van der Waals surface area contributed by atoms with Gasteiger partial charge in [-0.1, -0.05) is 42.0 Å². The van der Waals surface area contributed by atoms with Crippen molar-refractivity contribution in [3.8, 4) is 5.75 Å². The molecule has 0 bridgehead atoms. The highest BCUT2D eigenvalue weighted by molar-refractivity contribution is 5.79. The van der Waals surface area contributed by atoms with Crippen LogP contribution in [0.15, 0.2) is 48.5 Å². The predicted octanol–water partition coefficient (Wildman–Crippen LogP) is 2.74. The van der Waals surface area contributed by atoms with Crippen LogP contribution in [0.25, 0.3) is 0 Å². The molecule has 0 spiro atoms. The van der Waals surface area contributed by atoms with Crippen LogP contribution in [-0.2, 0) is 22.6 Å². The first kappa shape index (κ1) is 22.8. The summed E-state index contributed by atoms with van der Waals surface area (Å²) in [6, 6.07) is 16.0. The average molecular weight is 424 g/mol. The zero-order valence-electron chi connectivity index (χ0n) is 18.8. The molecule has 6 heteroatoms. The highest BCUT2D eigenvalue weighted by atomic mass is 16.5. The van der Waals surface area contributed by atoms with Crippen molar-refractivity contribution in [3.05, 3.63) is 65.2 Å². The zero-order valence-corrected chi connectivity index (χ0v) is 18.8. The second-order valence-electron chi connectivity index (χ2n) is 8.15. The maximum atomic E-state index is 12.6. The fraction of sp³-hybridized carbons (Fsp3) is 0.440. The van der Waals surface area contributed by atoms with Crippen LogP contribution in [0.2, 0.25) is 0 Å². The molecule has 0 N–H and O–H groups in total. The van der Waals surface area contributed by atoms with Crippen molar-refractivity contribution >= 4 is 11.8 Å². The van der Waals surface area contributed by atoms with E-state index in [0.29, 0.717) is 39.2 Å². The molecular weight excluding hydrogens is 390 g/mol. The van der Waals surface area contributed by atoms with E-state index in [9.17, 15) is 9.59 Å². The van der Waals surface area contributed by atoms with Crippen LogP contribution in [0.5, 0.6) is 5.75 Å². The van der Waals surface area contributed by atoms with Gasteiger partial charge in [0.2, 0.25) is 11.8 Å². The van der Waals surface area contributed by atoms with Crippen molar-refractivity contribution in [2.45, 2.75) is 26.8 Å². The summed E-state index contributed by atoms with van der Waals surface area (Å²) < 4.78 is 5.46. The SMILES string of the molecule is CCOc1ccc(CN(C)C(=O)CN2CCN(C(=O)Cc3ccc(C)cc3)CC2)cc1. The number of rotatable bonds is 8. The minimum Gasteiger partial charge on any atom is -0.494 e. The van der Waals surface area contributed by atoms with E-state index in [4.69, 9.17) is 4.74 Å². The number of carbonyl (C=O) groups excluding carboxylic acids is 2. The summed E-state index contributed by atoms with van der Waals surface area (Å²) in [5, 5.41) is 0. The maximum Gasteiger partial charge on any atom is 0.236 e. The molecule has 0 atom stereocenters. The van der Waals surface area contributed by atoms with Crippen LogP contribution in [0.4, 0.5) is 0 Å². The van der Waals surface area contributed by atoms with Crippen molar-refractivity contribution in [2.75, 3.05) is 46.4 Å². The summed E-state index contributed by atoms with van der Waals surface area (Å²) >= 11 is 0. The number of hydrogen-bond acceptors (Lipinski definition) is 4. The Morgan fingerprint density at radius 2 is 1.55 bits per heavy atom. The molecule has 1 aliphatic heterocycles. The van der Waals surface area contributed by atoms with Gasteiger partial charge in [0.05, 0.1) is 19.6 Å². The van der Waals surface area contributed by atoms with Crippen LogP contribution in [-0.4, -0.2) is 72.9 Å². The molecule has 2 amide bonds. The Kier molecular flexibility index (Phi) is 8.06. The molecular formula is C25H33N3O3. The highest BCUT2D eigenvalue weighted by Crippen LogP contribution is 2.14. The molecule has 31 heavy (non-hydrogen) atoms. The standard InChI is InChI=1S/C25H33N3O3/c1-4-31-23-11-9-22(10-12-23)18-26(3)25(30)19-27-13-15-28(16-14-27)24(29)17-21-7-5-20(2)6-8-21/h5-12H,4,13-19H2,1-3H3. The molecule has 1 aliphatic rings. The first-order valence-electron chi connectivity index (χ1n) is 11.0. The lowest BCUT2D eigenvalue weighted by atomic mass is 10.1. The van der Waals surface area contributed by atoms with E-state index in [1.807, 2.05) is 74.3 Å². The summed E-state index contributed by atoms with van der Waals surface area (Å²) in [4.78, 5) is 31.0. The van der Waals surface area contributed by atoms with Crippen LogP contribution >= 0.6 is 0 Å². The predicted molar refractivity (Wildman–Crippen MR) is 122 cm³/mol. The van der Waals surface area contributed by atoms with Gasteiger partial charge < -0.3 is 14.5 Å². The van der Waals surface area contributed by atoms with Gasteiger partial charge in [0, 0.05) is 39.8 Å². The molecule has 3 rings (SSSR count). The lowest BCUT2D eigenvalue weighted by molar-refractivity contribution is -0.134. The number of hydrogen-bond donors (Lipinski definition) is 0. The molecule has 166 valence electrons. The summed E-state index contributed by atoms with van der Waals surface area (Å²) in [6.45, 7) is 8.38. The molecule has 2 aromatic carbocycles. The number of piperazine rings is 1.